The Balaban J connectivity index is 2.04. The van der Waals surface area contributed by atoms with E-state index in [1.54, 1.807) is 42.5 Å². The van der Waals surface area contributed by atoms with Gasteiger partial charge in [0.25, 0.3) is 11.8 Å². The maximum Gasteiger partial charge on any atom is 0.260 e. The highest BCUT2D eigenvalue weighted by atomic mass is 79.9. The normalized spacial score (nSPS) is 11.8. The fourth-order valence-electron chi connectivity index (χ4n) is 2.35. The second kappa shape index (κ2) is 9.97. The van der Waals surface area contributed by atoms with Crippen LogP contribution in [0.3, 0.4) is 0 Å². The minimum Gasteiger partial charge on any atom is -0.340 e. The number of halogens is 3. The smallest absolute Gasteiger partial charge is 0.260 e. The molecule has 2 rings (SSSR count). The molecule has 8 heteroatoms. The Kier molecular flexibility index (Phi) is 7.95. The van der Waals surface area contributed by atoms with Gasteiger partial charge in [0.2, 0.25) is 0 Å². The zero-order chi connectivity index (χ0) is 20.0. The van der Waals surface area contributed by atoms with Crippen molar-refractivity contribution in [1.29, 1.82) is 0 Å². The number of carbonyl (C=O) groups is 2. The Hall–Kier alpha value is -1.76. The van der Waals surface area contributed by atoms with E-state index in [0.29, 0.717) is 27.7 Å². The van der Waals surface area contributed by atoms with Crippen molar-refractivity contribution in [3.63, 3.8) is 0 Å². The lowest BCUT2D eigenvalue weighted by Gasteiger charge is -2.21. The molecule has 2 aromatic rings. The third kappa shape index (κ3) is 6.72. The highest BCUT2D eigenvalue weighted by molar-refractivity contribution is 9.10. The molecule has 144 valence electrons. The van der Waals surface area contributed by atoms with Crippen molar-refractivity contribution < 1.29 is 9.59 Å². The Morgan fingerprint density at radius 1 is 1.07 bits per heavy atom. The van der Waals surface area contributed by atoms with Crippen LogP contribution >= 0.6 is 39.1 Å². The minimum absolute atomic E-state index is 0.213. The molecule has 0 fully saturated rings. The highest BCUT2D eigenvalue weighted by Gasteiger charge is 2.22. The number of benzene rings is 2. The maximum absolute atomic E-state index is 12.6. The van der Waals surface area contributed by atoms with E-state index in [2.05, 4.69) is 32.1 Å². The van der Waals surface area contributed by atoms with E-state index in [1.807, 2.05) is 13.8 Å². The average Bonchev–Trinajstić information content (AvgIpc) is 2.60. The molecule has 0 aliphatic carbocycles. The second-order valence-corrected chi connectivity index (χ2v) is 8.16. The SMILES string of the molecule is CC(C)CC(NC(=O)c1ccc(Br)cc1)C(=O)NNc1ccc(Cl)cc1Cl. The zero-order valence-electron chi connectivity index (χ0n) is 14.9. The number of anilines is 1. The molecule has 2 amide bonds. The molecule has 0 saturated carbocycles. The van der Waals surface area contributed by atoms with Crippen molar-refractivity contribution in [3.8, 4) is 0 Å². The summed E-state index contributed by atoms with van der Waals surface area (Å²) in [6.07, 6.45) is 0.490. The first-order valence-corrected chi connectivity index (χ1v) is 9.88. The lowest BCUT2D eigenvalue weighted by atomic mass is 10.0. The van der Waals surface area contributed by atoms with E-state index in [9.17, 15) is 9.59 Å². The van der Waals surface area contributed by atoms with Crippen LogP contribution in [0.25, 0.3) is 0 Å². The summed E-state index contributed by atoms with van der Waals surface area (Å²) in [7, 11) is 0. The topological polar surface area (TPSA) is 70.2 Å². The van der Waals surface area contributed by atoms with Crippen LogP contribution in [0.15, 0.2) is 46.9 Å². The van der Waals surface area contributed by atoms with Gasteiger partial charge < -0.3 is 5.32 Å². The van der Waals surface area contributed by atoms with Crippen LogP contribution < -0.4 is 16.2 Å². The summed E-state index contributed by atoms with van der Waals surface area (Å²) >= 11 is 15.3. The maximum atomic E-state index is 12.6. The van der Waals surface area contributed by atoms with Crippen LogP contribution in [0.5, 0.6) is 0 Å². The van der Waals surface area contributed by atoms with Crippen LogP contribution in [0, 0.1) is 5.92 Å². The van der Waals surface area contributed by atoms with E-state index in [4.69, 9.17) is 23.2 Å². The van der Waals surface area contributed by atoms with E-state index < -0.39 is 6.04 Å². The van der Waals surface area contributed by atoms with Crippen molar-refractivity contribution in [2.24, 2.45) is 5.92 Å². The fraction of sp³-hybridized carbons (Fsp3) is 0.263. The molecule has 0 aromatic heterocycles. The number of rotatable bonds is 7. The van der Waals surface area contributed by atoms with Gasteiger partial charge >= 0.3 is 0 Å². The molecule has 1 unspecified atom stereocenters. The molecule has 27 heavy (non-hydrogen) atoms. The predicted octanol–water partition coefficient (Wildman–Crippen LogP) is 5.04. The van der Waals surface area contributed by atoms with Crippen LogP contribution in [-0.2, 0) is 4.79 Å². The monoisotopic (exact) mass is 471 g/mol. The Morgan fingerprint density at radius 3 is 2.33 bits per heavy atom. The van der Waals surface area contributed by atoms with Gasteiger partial charge in [0.15, 0.2) is 0 Å². The lowest BCUT2D eigenvalue weighted by Crippen LogP contribution is -2.49. The molecule has 0 saturated heterocycles. The van der Waals surface area contributed by atoms with Crippen molar-refractivity contribution in [2.45, 2.75) is 26.3 Å². The largest absolute Gasteiger partial charge is 0.340 e. The van der Waals surface area contributed by atoms with E-state index >= 15 is 0 Å². The van der Waals surface area contributed by atoms with Gasteiger partial charge in [-0.2, -0.15) is 0 Å². The van der Waals surface area contributed by atoms with Crippen LogP contribution in [0.1, 0.15) is 30.6 Å². The first-order valence-electron chi connectivity index (χ1n) is 8.33. The number of hydrogen-bond donors (Lipinski definition) is 3. The van der Waals surface area contributed by atoms with Crippen molar-refractivity contribution in [1.82, 2.24) is 10.7 Å². The third-order valence-corrected chi connectivity index (χ3v) is 4.76. The molecule has 0 aliphatic rings. The summed E-state index contributed by atoms with van der Waals surface area (Å²) in [4.78, 5) is 25.0. The molecule has 0 spiro atoms. The number of carbonyl (C=O) groups excluding carboxylic acids is 2. The summed E-state index contributed by atoms with van der Waals surface area (Å²) < 4.78 is 0.875. The average molecular weight is 473 g/mol. The summed E-state index contributed by atoms with van der Waals surface area (Å²) in [5, 5.41) is 3.66. The second-order valence-electron chi connectivity index (χ2n) is 6.40. The molecule has 2 aromatic carbocycles. The minimum atomic E-state index is -0.695. The zero-order valence-corrected chi connectivity index (χ0v) is 18.0. The molecular weight excluding hydrogens is 453 g/mol. The quantitative estimate of drug-likeness (QED) is 0.494. The Bertz CT molecular complexity index is 813. The van der Waals surface area contributed by atoms with Gasteiger partial charge in [-0.15, -0.1) is 0 Å². The van der Waals surface area contributed by atoms with Gasteiger partial charge in [-0.1, -0.05) is 53.0 Å². The van der Waals surface area contributed by atoms with Crippen molar-refractivity contribution in [3.05, 3.63) is 62.5 Å². The summed E-state index contributed by atoms with van der Waals surface area (Å²) in [6, 6.07) is 11.1. The number of hydrogen-bond acceptors (Lipinski definition) is 3. The van der Waals surface area contributed by atoms with E-state index in [1.165, 1.54) is 0 Å². The standard InChI is InChI=1S/C19H20BrCl2N3O2/c1-11(2)9-17(23-18(26)12-3-5-13(20)6-4-12)19(27)25-24-16-8-7-14(21)10-15(16)22/h3-8,10-11,17,24H,9H2,1-2H3,(H,23,26)(H,25,27). The lowest BCUT2D eigenvalue weighted by molar-refractivity contribution is -0.122. The van der Waals surface area contributed by atoms with Crippen molar-refractivity contribution >= 4 is 56.6 Å². The van der Waals surface area contributed by atoms with Crippen LogP contribution in [-0.4, -0.2) is 17.9 Å². The summed E-state index contributed by atoms with van der Waals surface area (Å²) in [6.45, 7) is 3.96. The molecule has 3 N–H and O–H groups in total. The summed E-state index contributed by atoms with van der Waals surface area (Å²) in [5.41, 5.74) is 6.35. The predicted molar refractivity (Wildman–Crippen MR) is 113 cm³/mol. The number of nitrogens with one attached hydrogen (secondary N) is 3. The first-order chi connectivity index (χ1) is 12.8. The molecule has 0 aliphatic heterocycles. The molecule has 0 bridgehead atoms. The van der Waals surface area contributed by atoms with Crippen LogP contribution in [0.4, 0.5) is 5.69 Å². The Labute approximate surface area is 176 Å². The molecular formula is C19H20BrCl2N3O2. The van der Waals surface area contributed by atoms with Gasteiger partial charge in [-0.3, -0.25) is 20.4 Å². The number of hydrazine groups is 1. The van der Waals surface area contributed by atoms with Gasteiger partial charge in [-0.05, 0) is 54.8 Å². The van der Waals surface area contributed by atoms with Gasteiger partial charge in [0, 0.05) is 15.1 Å². The van der Waals surface area contributed by atoms with Crippen LogP contribution in [0.2, 0.25) is 10.0 Å². The van der Waals surface area contributed by atoms with E-state index in [-0.39, 0.29) is 17.7 Å². The van der Waals surface area contributed by atoms with Gasteiger partial charge in [0.05, 0.1) is 10.7 Å². The summed E-state index contributed by atoms with van der Waals surface area (Å²) in [5.74, 6) is -0.460. The number of amides is 2. The van der Waals surface area contributed by atoms with E-state index in [0.717, 1.165) is 4.47 Å². The van der Waals surface area contributed by atoms with Gasteiger partial charge in [0.1, 0.15) is 6.04 Å². The first kappa shape index (κ1) is 21.5. The molecule has 5 nitrogen and oxygen atoms in total. The molecule has 0 heterocycles. The Morgan fingerprint density at radius 2 is 1.74 bits per heavy atom. The molecule has 0 radical (unpaired) electrons. The highest BCUT2D eigenvalue weighted by Crippen LogP contribution is 2.24. The van der Waals surface area contributed by atoms with Crippen molar-refractivity contribution in [2.75, 3.05) is 5.43 Å². The fourth-order valence-corrected chi connectivity index (χ4v) is 3.07. The molecule has 1 atom stereocenters. The van der Waals surface area contributed by atoms with Gasteiger partial charge in [-0.25, -0.2) is 0 Å². The third-order valence-electron chi connectivity index (χ3n) is 3.69.